The van der Waals surface area contributed by atoms with E-state index in [9.17, 15) is 5.26 Å². The molecule has 0 spiro atoms. The smallest absolute Gasteiger partial charge is 0.122 e. The Bertz CT molecular complexity index is 296. The Kier molecular flexibility index (Phi) is 5.19. The molecule has 0 heterocycles. The number of likely N-dealkylation sites (N-methyl/N-ethyl adjacent to an activating group) is 1. The fraction of sp³-hybridized carbons (Fsp3) is 0.933. The molecule has 0 aromatic heterocycles. The van der Waals surface area contributed by atoms with E-state index < -0.39 is 0 Å². The summed E-state index contributed by atoms with van der Waals surface area (Å²) in [5.41, 5.74) is -0.0414. The summed E-state index contributed by atoms with van der Waals surface area (Å²) in [5, 5.41) is 13.1. The van der Waals surface area contributed by atoms with Crippen LogP contribution in [0.5, 0.6) is 0 Å². The summed E-state index contributed by atoms with van der Waals surface area (Å²) in [6.07, 6.45) is 3.49. The molecule has 0 bridgehead atoms. The minimum absolute atomic E-state index is 0.282. The number of hydrogen-bond donors (Lipinski definition) is 1. The molecule has 1 atom stereocenters. The molecular weight excluding hydrogens is 222 g/mol. The van der Waals surface area contributed by atoms with Gasteiger partial charge in [-0.05, 0) is 44.2 Å². The second-order valence-corrected chi connectivity index (χ2v) is 7.02. The summed E-state index contributed by atoms with van der Waals surface area (Å²) >= 11 is 0. The Hall–Kier alpha value is -0.590. The zero-order valence-electron chi connectivity index (χ0n) is 12.7. The second-order valence-electron chi connectivity index (χ2n) is 7.02. The molecule has 0 amide bonds. The summed E-state index contributed by atoms with van der Waals surface area (Å²) in [4.78, 5) is 2.31. The highest BCUT2D eigenvalue weighted by molar-refractivity contribution is 5.16. The van der Waals surface area contributed by atoms with Crippen LogP contribution in [-0.2, 0) is 0 Å². The third-order valence-corrected chi connectivity index (χ3v) is 3.43. The van der Waals surface area contributed by atoms with E-state index in [4.69, 9.17) is 0 Å². The van der Waals surface area contributed by atoms with Crippen LogP contribution < -0.4 is 5.32 Å². The minimum atomic E-state index is -0.323. The van der Waals surface area contributed by atoms with Gasteiger partial charge >= 0.3 is 0 Å². The van der Waals surface area contributed by atoms with Gasteiger partial charge in [-0.2, -0.15) is 5.26 Å². The Morgan fingerprint density at radius 1 is 1.28 bits per heavy atom. The van der Waals surface area contributed by atoms with Crippen molar-refractivity contribution in [3.63, 3.8) is 0 Å². The van der Waals surface area contributed by atoms with E-state index in [1.54, 1.807) is 0 Å². The quantitative estimate of drug-likeness (QED) is 0.756. The van der Waals surface area contributed by atoms with Gasteiger partial charge in [0, 0.05) is 13.1 Å². The van der Waals surface area contributed by atoms with Crippen LogP contribution in [-0.4, -0.2) is 37.1 Å². The van der Waals surface area contributed by atoms with Crippen molar-refractivity contribution in [3.8, 4) is 6.07 Å². The van der Waals surface area contributed by atoms with Gasteiger partial charge in [0.05, 0.1) is 6.07 Å². The van der Waals surface area contributed by atoms with Gasteiger partial charge in [0.15, 0.2) is 0 Å². The van der Waals surface area contributed by atoms with Crippen LogP contribution in [0.1, 0.15) is 47.0 Å². The molecular formula is C15H29N3. The zero-order chi connectivity index (χ0) is 13.8. The predicted octanol–water partition coefficient (Wildman–Crippen LogP) is 2.64. The molecule has 1 rings (SSSR count). The van der Waals surface area contributed by atoms with Gasteiger partial charge in [-0.15, -0.1) is 0 Å². The van der Waals surface area contributed by atoms with Crippen LogP contribution in [0.4, 0.5) is 0 Å². The van der Waals surface area contributed by atoms with Crippen molar-refractivity contribution in [2.75, 3.05) is 26.7 Å². The molecule has 0 radical (unpaired) electrons. The van der Waals surface area contributed by atoms with E-state index in [0.29, 0.717) is 5.92 Å². The molecule has 1 saturated carbocycles. The lowest BCUT2D eigenvalue weighted by atomic mass is 9.91. The van der Waals surface area contributed by atoms with Gasteiger partial charge in [-0.3, -0.25) is 5.32 Å². The first-order valence-corrected chi connectivity index (χ1v) is 7.18. The molecule has 0 aromatic rings. The SMILES string of the molecule is CCCNC(C#N)(CN(C)CC(C)(C)C)C1CC1. The minimum Gasteiger partial charge on any atom is -0.303 e. The maximum atomic E-state index is 9.62. The Labute approximate surface area is 113 Å². The molecule has 18 heavy (non-hydrogen) atoms. The lowest BCUT2D eigenvalue weighted by Crippen LogP contribution is -2.54. The summed E-state index contributed by atoms with van der Waals surface area (Å²) in [5.74, 6) is 0.552. The lowest BCUT2D eigenvalue weighted by molar-refractivity contribution is 0.176. The van der Waals surface area contributed by atoms with Crippen molar-refractivity contribution in [1.82, 2.24) is 10.2 Å². The first-order chi connectivity index (χ1) is 8.33. The predicted molar refractivity (Wildman–Crippen MR) is 76.3 cm³/mol. The van der Waals surface area contributed by atoms with E-state index in [1.165, 1.54) is 12.8 Å². The maximum Gasteiger partial charge on any atom is 0.122 e. The summed E-state index contributed by atoms with van der Waals surface area (Å²) in [6.45, 7) is 11.7. The van der Waals surface area contributed by atoms with Crippen LogP contribution in [0, 0.1) is 22.7 Å². The normalized spacial score (nSPS) is 19.6. The van der Waals surface area contributed by atoms with Crippen molar-refractivity contribution in [1.29, 1.82) is 5.26 Å². The molecule has 1 aliphatic carbocycles. The van der Waals surface area contributed by atoms with Gasteiger partial charge in [-0.25, -0.2) is 0 Å². The number of rotatable bonds is 7. The fourth-order valence-corrected chi connectivity index (χ4v) is 2.71. The second kappa shape index (κ2) is 6.04. The van der Waals surface area contributed by atoms with Crippen molar-refractivity contribution in [3.05, 3.63) is 0 Å². The molecule has 0 aliphatic heterocycles. The van der Waals surface area contributed by atoms with Crippen LogP contribution in [0.2, 0.25) is 0 Å². The molecule has 104 valence electrons. The summed E-state index contributed by atoms with van der Waals surface area (Å²) in [6, 6.07) is 2.58. The fourth-order valence-electron chi connectivity index (χ4n) is 2.71. The van der Waals surface area contributed by atoms with Crippen LogP contribution in [0.15, 0.2) is 0 Å². The van der Waals surface area contributed by atoms with E-state index >= 15 is 0 Å². The van der Waals surface area contributed by atoms with Crippen LogP contribution in [0.3, 0.4) is 0 Å². The largest absolute Gasteiger partial charge is 0.303 e. The Balaban J connectivity index is 2.63. The molecule has 1 aliphatic rings. The molecule has 0 aromatic carbocycles. The van der Waals surface area contributed by atoms with Crippen molar-refractivity contribution < 1.29 is 0 Å². The first kappa shape index (κ1) is 15.5. The lowest BCUT2D eigenvalue weighted by Gasteiger charge is -2.35. The topological polar surface area (TPSA) is 39.1 Å². The van der Waals surface area contributed by atoms with Gasteiger partial charge < -0.3 is 4.90 Å². The summed E-state index contributed by atoms with van der Waals surface area (Å²) in [7, 11) is 2.13. The van der Waals surface area contributed by atoms with E-state index in [0.717, 1.165) is 26.1 Å². The van der Waals surface area contributed by atoms with E-state index in [2.05, 4.69) is 51.0 Å². The van der Waals surface area contributed by atoms with Gasteiger partial charge in [0.25, 0.3) is 0 Å². The molecule has 1 fully saturated rings. The molecule has 1 unspecified atom stereocenters. The highest BCUT2D eigenvalue weighted by atomic mass is 15.2. The number of nitrogens with one attached hydrogen (secondary N) is 1. The molecule has 3 nitrogen and oxygen atoms in total. The summed E-state index contributed by atoms with van der Waals surface area (Å²) < 4.78 is 0. The standard InChI is InChI=1S/C15H29N3/c1-6-9-17-15(10-16,13-7-8-13)12-18(5)11-14(2,3)4/h13,17H,6-9,11-12H2,1-5H3. The van der Waals surface area contributed by atoms with E-state index in [-0.39, 0.29) is 11.0 Å². The highest BCUT2D eigenvalue weighted by Crippen LogP contribution is 2.40. The number of nitrogens with zero attached hydrogens (tertiary/aromatic N) is 2. The van der Waals surface area contributed by atoms with Crippen LogP contribution >= 0.6 is 0 Å². The van der Waals surface area contributed by atoms with Gasteiger partial charge in [-0.1, -0.05) is 27.7 Å². The number of hydrogen-bond acceptors (Lipinski definition) is 3. The van der Waals surface area contributed by atoms with E-state index in [1.807, 2.05) is 0 Å². The molecule has 1 N–H and O–H groups in total. The average molecular weight is 251 g/mol. The third kappa shape index (κ3) is 4.59. The van der Waals surface area contributed by atoms with Crippen LogP contribution in [0.25, 0.3) is 0 Å². The van der Waals surface area contributed by atoms with Crippen molar-refractivity contribution >= 4 is 0 Å². The Morgan fingerprint density at radius 2 is 1.89 bits per heavy atom. The van der Waals surface area contributed by atoms with Crippen molar-refractivity contribution in [2.45, 2.75) is 52.5 Å². The molecule has 0 saturated heterocycles. The zero-order valence-corrected chi connectivity index (χ0v) is 12.7. The highest BCUT2D eigenvalue weighted by Gasteiger charge is 2.46. The Morgan fingerprint density at radius 3 is 2.28 bits per heavy atom. The number of nitriles is 1. The maximum absolute atomic E-state index is 9.62. The third-order valence-electron chi connectivity index (χ3n) is 3.43. The molecule has 3 heteroatoms. The van der Waals surface area contributed by atoms with Gasteiger partial charge in [0.2, 0.25) is 0 Å². The van der Waals surface area contributed by atoms with Gasteiger partial charge in [0.1, 0.15) is 5.54 Å². The first-order valence-electron chi connectivity index (χ1n) is 7.18. The monoisotopic (exact) mass is 251 g/mol. The average Bonchev–Trinajstić information content (AvgIpc) is 3.05. The van der Waals surface area contributed by atoms with Crippen molar-refractivity contribution in [2.24, 2.45) is 11.3 Å².